The molecule has 22 nitrogen and oxygen atoms in total. The van der Waals surface area contributed by atoms with Crippen molar-refractivity contribution in [2.75, 3.05) is 46.8 Å². The summed E-state index contributed by atoms with van der Waals surface area (Å²) < 4.78 is 80.2. The molecule has 0 spiro atoms. The zero-order valence-electron chi connectivity index (χ0n) is 36.3. The van der Waals surface area contributed by atoms with Gasteiger partial charge in [0, 0.05) is 50.1 Å². The van der Waals surface area contributed by atoms with Crippen molar-refractivity contribution in [1.29, 1.82) is 0 Å². The third-order valence-electron chi connectivity index (χ3n) is 10.5. The molecule has 0 radical (unpaired) electrons. The Labute approximate surface area is 356 Å². The number of hydrogen-bond donors (Lipinski definition) is 0. The SMILES string of the molecule is CCCCOC1C(OCCCC)[C@H](O[C@H]2OC(COC(C)=O)[C@@H](OCCCC)[C@H](OCCCC)C2N=[N+]=[N-])C(C(=O)OC)O[C@H]1OC1[C@@H]2COC(O2)[C@@H](N=[N+]=[N-])[C@@H]1OC(C)=O. The number of carbonyl (C=O) groups excluding carboxylic acids is 3. The Kier molecular flexibility index (Phi) is 21.7. The smallest absolute Gasteiger partial charge is 0.337 e. The van der Waals surface area contributed by atoms with Gasteiger partial charge in [0.2, 0.25) is 0 Å². The van der Waals surface area contributed by atoms with Gasteiger partial charge in [-0.25, -0.2) is 4.79 Å². The van der Waals surface area contributed by atoms with Gasteiger partial charge in [0.05, 0.1) is 19.8 Å². The van der Waals surface area contributed by atoms with Crippen molar-refractivity contribution in [3.63, 3.8) is 0 Å². The van der Waals surface area contributed by atoms with E-state index in [0.29, 0.717) is 32.3 Å². The molecule has 0 amide bonds. The molecule has 0 N–H and O–H groups in total. The van der Waals surface area contributed by atoms with Crippen LogP contribution in [0.15, 0.2) is 10.2 Å². The van der Waals surface area contributed by atoms with E-state index in [4.69, 9.17) is 61.6 Å². The average Bonchev–Trinajstić information content (AvgIpc) is 3.68. The van der Waals surface area contributed by atoms with Crippen molar-refractivity contribution in [3.8, 4) is 0 Å². The number of rotatable bonds is 26. The molecular formula is C39H64N6O16. The van der Waals surface area contributed by atoms with Crippen LogP contribution >= 0.6 is 0 Å². The molecule has 4 heterocycles. The van der Waals surface area contributed by atoms with Crippen LogP contribution in [0.4, 0.5) is 0 Å². The number of unbranched alkanes of at least 4 members (excludes halogenated alkanes) is 4. The average molecular weight is 873 g/mol. The standard InChI is InChI=1S/C39H64N6O16/c1-8-12-16-50-28-24(20-54-22(5)46)58-38(26(42-44-40)30(28)51-17-13-9-2)60-33-32(52-18-14-10-3)35(53-19-15-11-4)39(61-34(33)36(48)49-7)59-29-25-21-55-37(57-25)27(43-45-41)31(29)56-23(6)47/h24-35,37-39H,8-21H2,1-7H3/t24?,25-,26?,27-,28+,29?,30+,31-,32?,33-,34?,35?,37?,38+,39+/m0/s1. The second-order valence-electron chi connectivity index (χ2n) is 15.1. The highest BCUT2D eigenvalue weighted by atomic mass is 16.8. The molecule has 2 bridgehead atoms. The lowest BCUT2D eigenvalue weighted by atomic mass is 9.94. The Hall–Kier alpha value is -3.37. The molecule has 4 aliphatic rings. The molecule has 22 heteroatoms. The third-order valence-corrected chi connectivity index (χ3v) is 10.5. The van der Waals surface area contributed by atoms with E-state index in [1.807, 2.05) is 27.7 Å². The topological polar surface area (TPSA) is 269 Å². The predicted molar refractivity (Wildman–Crippen MR) is 210 cm³/mol. The molecule has 4 saturated heterocycles. The maximum absolute atomic E-state index is 13.9. The molecular weight excluding hydrogens is 808 g/mol. The van der Waals surface area contributed by atoms with Crippen LogP contribution in [0.3, 0.4) is 0 Å². The minimum absolute atomic E-state index is 0.000192. The minimum Gasteiger partial charge on any atom is -0.467 e. The summed E-state index contributed by atoms with van der Waals surface area (Å²) >= 11 is 0. The van der Waals surface area contributed by atoms with Crippen LogP contribution in [-0.4, -0.2) is 157 Å². The molecule has 4 aliphatic heterocycles. The van der Waals surface area contributed by atoms with Gasteiger partial charge in [-0.1, -0.05) is 63.6 Å². The van der Waals surface area contributed by atoms with Gasteiger partial charge in [0.1, 0.15) is 67.5 Å². The van der Waals surface area contributed by atoms with Crippen molar-refractivity contribution in [1.82, 2.24) is 0 Å². The van der Waals surface area contributed by atoms with Crippen LogP contribution in [0.1, 0.15) is 92.9 Å². The Bertz CT molecular complexity index is 1470. The zero-order chi connectivity index (χ0) is 44.3. The highest BCUT2D eigenvalue weighted by Gasteiger charge is 2.59. The number of esters is 3. The molecule has 346 valence electrons. The molecule has 15 atom stereocenters. The van der Waals surface area contributed by atoms with Crippen LogP contribution in [0.25, 0.3) is 20.9 Å². The quantitative estimate of drug-likeness (QED) is 0.0284. The monoisotopic (exact) mass is 872 g/mol. The Morgan fingerprint density at radius 1 is 0.639 bits per heavy atom. The summed E-state index contributed by atoms with van der Waals surface area (Å²) in [5.41, 5.74) is 19.3. The van der Waals surface area contributed by atoms with Crippen molar-refractivity contribution < 1.29 is 76.0 Å². The van der Waals surface area contributed by atoms with Crippen molar-refractivity contribution in [2.24, 2.45) is 10.2 Å². The molecule has 0 aliphatic carbocycles. The summed E-state index contributed by atoms with van der Waals surface area (Å²) in [6, 6.07) is -2.32. The Balaban J connectivity index is 1.81. The fourth-order valence-corrected chi connectivity index (χ4v) is 7.44. The molecule has 61 heavy (non-hydrogen) atoms. The summed E-state index contributed by atoms with van der Waals surface area (Å²) in [5.74, 6) is -2.12. The molecule has 4 fully saturated rings. The van der Waals surface area contributed by atoms with Gasteiger partial charge in [0.15, 0.2) is 25.0 Å². The van der Waals surface area contributed by atoms with Crippen LogP contribution in [0.5, 0.6) is 0 Å². The maximum Gasteiger partial charge on any atom is 0.337 e. The van der Waals surface area contributed by atoms with E-state index < -0.39 is 110 Å². The highest BCUT2D eigenvalue weighted by Crippen LogP contribution is 2.39. The molecule has 7 unspecified atom stereocenters. The molecule has 4 rings (SSSR count). The molecule has 0 aromatic carbocycles. The summed E-state index contributed by atoms with van der Waals surface area (Å²) in [5, 5.41) is 7.91. The van der Waals surface area contributed by atoms with E-state index in [1.54, 1.807) is 0 Å². The fourth-order valence-electron chi connectivity index (χ4n) is 7.44. The molecule has 0 aromatic rings. The summed E-state index contributed by atoms with van der Waals surface area (Å²) in [4.78, 5) is 44.4. The number of carbonyl (C=O) groups is 3. The summed E-state index contributed by atoms with van der Waals surface area (Å²) in [6.07, 6.45) is -9.27. The minimum atomic E-state index is -1.59. The first-order chi connectivity index (χ1) is 29.6. The van der Waals surface area contributed by atoms with Crippen molar-refractivity contribution >= 4 is 17.9 Å². The predicted octanol–water partition coefficient (Wildman–Crippen LogP) is 4.73. The number of methoxy groups -OCH3 is 1. The van der Waals surface area contributed by atoms with Gasteiger partial charge in [-0.05, 0) is 36.7 Å². The van der Waals surface area contributed by atoms with Gasteiger partial charge >= 0.3 is 17.9 Å². The number of hydrogen-bond acceptors (Lipinski definition) is 18. The van der Waals surface area contributed by atoms with E-state index >= 15 is 0 Å². The lowest BCUT2D eigenvalue weighted by Gasteiger charge is -2.50. The van der Waals surface area contributed by atoms with Crippen LogP contribution in [-0.2, 0) is 76.0 Å². The van der Waals surface area contributed by atoms with Gasteiger partial charge in [-0.15, -0.1) is 0 Å². The van der Waals surface area contributed by atoms with E-state index in [1.165, 1.54) is 21.0 Å². The lowest BCUT2D eigenvalue weighted by Crippen LogP contribution is -2.67. The number of nitrogens with zero attached hydrogens (tertiary/aromatic N) is 6. The number of azide groups is 2. The number of ether oxygens (including phenoxy) is 13. The van der Waals surface area contributed by atoms with Gasteiger partial charge in [-0.3, -0.25) is 9.59 Å². The first-order valence-electron chi connectivity index (χ1n) is 21.4. The van der Waals surface area contributed by atoms with E-state index in [-0.39, 0.29) is 33.0 Å². The normalized spacial score (nSPS) is 34.4. The Morgan fingerprint density at radius 3 is 1.75 bits per heavy atom. The second-order valence-corrected chi connectivity index (χ2v) is 15.1. The first-order valence-corrected chi connectivity index (χ1v) is 21.4. The van der Waals surface area contributed by atoms with Gasteiger partial charge in [0.25, 0.3) is 0 Å². The van der Waals surface area contributed by atoms with Crippen molar-refractivity contribution in [2.45, 2.75) is 185 Å². The first kappa shape index (κ1) is 50.3. The van der Waals surface area contributed by atoms with Crippen LogP contribution in [0.2, 0.25) is 0 Å². The van der Waals surface area contributed by atoms with Crippen LogP contribution in [0, 0.1) is 0 Å². The summed E-state index contributed by atoms with van der Waals surface area (Å²) in [6.45, 7) is 11.2. The fraction of sp³-hybridized carbons (Fsp3) is 0.923. The lowest BCUT2D eigenvalue weighted by molar-refractivity contribution is -0.363. The van der Waals surface area contributed by atoms with E-state index in [2.05, 4.69) is 20.1 Å². The maximum atomic E-state index is 13.9. The molecule has 0 aromatic heterocycles. The van der Waals surface area contributed by atoms with Gasteiger partial charge in [-0.2, -0.15) is 0 Å². The van der Waals surface area contributed by atoms with E-state index in [9.17, 15) is 25.4 Å². The van der Waals surface area contributed by atoms with Gasteiger partial charge < -0.3 is 61.6 Å². The third kappa shape index (κ3) is 13.8. The second kappa shape index (κ2) is 26.3. The molecule has 0 saturated carbocycles. The highest BCUT2D eigenvalue weighted by molar-refractivity contribution is 5.75. The zero-order valence-corrected chi connectivity index (χ0v) is 36.3. The van der Waals surface area contributed by atoms with E-state index in [0.717, 1.165) is 25.7 Å². The van der Waals surface area contributed by atoms with Crippen molar-refractivity contribution in [3.05, 3.63) is 20.9 Å². The summed E-state index contributed by atoms with van der Waals surface area (Å²) in [7, 11) is 1.17. The largest absolute Gasteiger partial charge is 0.467 e. The number of fused-ring (bicyclic) bond motifs is 2. The van der Waals surface area contributed by atoms with Crippen LogP contribution < -0.4 is 0 Å². The Morgan fingerprint density at radius 2 is 1.20 bits per heavy atom.